The van der Waals surface area contributed by atoms with Crippen LogP contribution in [0.4, 0.5) is 4.39 Å². The maximum absolute atomic E-state index is 12.9. The van der Waals surface area contributed by atoms with E-state index in [2.05, 4.69) is 10.4 Å². The Balaban J connectivity index is 0.00000220. The van der Waals surface area contributed by atoms with Crippen LogP contribution in [0.5, 0.6) is 0 Å². The van der Waals surface area contributed by atoms with E-state index < -0.39 is 0 Å². The Bertz CT molecular complexity index is 625. The monoisotopic (exact) mass is 312 g/mol. The SMILES string of the molecule is Cc1nn(-c2ccc(F)cc2)c(C)c1C(=O)NCCN.Cl. The lowest BCUT2D eigenvalue weighted by Crippen LogP contribution is -2.29. The molecule has 1 aromatic heterocycles. The Morgan fingerprint density at radius 2 is 1.95 bits per heavy atom. The molecular formula is C14H18ClFN4O. The van der Waals surface area contributed by atoms with E-state index in [1.54, 1.807) is 30.7 Å². The third-order valence-electron chi connectivity index (χ3n) is 3.02. The second-order valence-electron chi connectivity index (χ2n) is 4.48. The summed E-state index contributed by atoms with van der Waals surface area (Å²) < 4.78 is 14.6. The van der Waals surface area contributed by atoms with E-state index in [-0.39, 0.29) is 24.1 Å². The van der Waals surface area contributed by atoms with Gasteiger partial charge in [0.1, 0.15) is 5.82 Å². The van der Waals surface area contributed by atoms with Crippen LogP contribution >= 0.6 is 12.4 Å². The molecule has 1 aromatic carbocycles. The van der Waals surface area contributed by atoms with Gasteiger partial charge in [0.15, 0.2) is 0 Å². The minimum atomic E-state index is -0.309. The van der Waals surface area contributed by atoms with Crippen molar-refractivity contribution in [2.24, 2.45) is 5.73 Å². The molecule has 0 fully saturated rings. The summed E-state index contributed by atoms with van der Waals surface area (Å²) in [7, 11) is 0. The van der Waals surface area contributed by atoms with Gasteiger partial charge in [0.25, 0.3) is 5.91 Å². The number of nitrogens with zero attached hydrogens (tertiary/aromatic N) is 2. The van der Waals surface area contributed by atoms with E-state index in [9.17, 15) is 9.18 Å². The smallest absolute Gasteiger partial charge is 0.255 e. The Labute approximate surface area is 128 Å². The number of aromatic nitrogens is 2. The van der Waals surface area contributed by atoms with E-state index >= 15 is 0 Å². The molecule has 21 heavy (non-hydrogen) atoms. The largest absolute Gasteiger partial charge is 0.351 e. The number of rotatable bonds is 4. The molecule has 0 aliphatic carbocycles. The summed E-state index contributed by atoms with van der Waals surface area (Å²) in [5, 5.41) is 7.07. The predicted molar refractivity (Wildman–Crippen MR) is 81.6 cm³/mol. The Morgan fingerprint density at radius 1 is 1.33 bits per heavy atom. The Hall–Kier alpha value is -1.92. The van der Waals surface area contributed by atoms with Crippen molar-refractivity contribution in [3.63, 3.8) is 0 Å². The molecule has 1 amide bonds. The number of benzene rings is 1. The second-order valence-corrected chi connectivity index (χ2v) is 4.48. The number of amides is 1. The first-order valence-electron chi connectivity index (χ1n) is 6.35. The molecule has 0 atom stereocenters. The van der Waals surface area contributed by atoms with Gasteiger partial charge >= 0.3 is 0 Å². The number of aryl methyl sites for hydroxylation is 1. The highest BCUT2D eigenvalue weighted by atomic mass is 35.5. The van der Waals surface area contributed by atoms with Crippen LogP contribution in [0.1, 0.15) is 21.7 Å². The van der Waals surface area contributed by atoms with Gasteiger partial charge in [0.2, 0.25) is 0 Å². The summed E-state index contributed by atoms with van der Waals surface area (Å²) in [6.45, 7) is 4.38. The lowest BCUT2D eigenvalue weighted by atomic mass is 10.2. The number of carbonyl (C=O) groups excluding carboxylic acids is 1. The molecule has 0 bridgehead atoms. The molecule has 0 saturated heterocycles. The van der Waals surface area contributed by atoms with Crippen LogP contribution in [0.2, 0.25) is 0 Å². The summed E-state index contributed by atoms with van der Waals surface area (Å²) in [5.74, 6) is -0.505. The normalized spacial score (nSPS) is 10.1. The number of carbonyl (C=O) groups is 1. The highest BCUT2D eigenvalue weighted by Crippen LogP contribution is 2.18. The van der Waals surface area contributed by atoms with Gasteiger partial charge < -0.3 is 11.1 Å². The summed E-state index contributed by atoms with van der Waals surface area (Å²) in [6.07, 6.45) is 0. The van der Waals surface area contributed by atoms with Crippen LogP contribution in [0.3, 0.4) is 0 Å². The Kier molecular flexibility index (Phi) is 5.87. The third-order valence-corrected chi connectivity index (χ3v) is 3.02. The van der Waals surface area contributed by atoms with Crippen molar-refractivity contribution < 1.29 is 9.18 Å². The molecule has 2 aromatic rings. The standard InChI is InChI=1S/C14H17FN4O.ClH/c1-9-13(14(20)17-8-7-16)10(2)19(18-9)12-5-3-11(15)4-6-12;/h3-6H,7-8,16H2,1-2H3,(H,17,20);1H. The van der Waals surface area contributed by atoms with Crippen molar-refractivity contribution in [3.05, 3.63) is 47.0 Å². The molecule has 1 heterocycles. The summed E-state index contributed by atoms with van der Waals surface area (Å²) in [5.41, 5.74) is 7.95. The lowest BCUT2D eigenvalue weighted by molar-refractivity contribution is 0.0953. The summed E-state index contributed by atoms with van der Waals surface area (Å²) >= 11 is 0. The van der Waals surface area contributed by atoms with E-state index in [1.807, 2.05) is 0 Å². The van der Waals surface area contributed by atoms with E-state index in [0.29, 0.717) is 35.7 Å². The van der Waals surface area contributed by atoms with Crippen molar-refractivity contribution in [1.29, 1.82) is 0 Å². The Morgan fingerprint density at radius 3 is 2.52 bits per heavy atom. The quantitative estimate of drug-likeness (QED) is 0.903. The molecule has 5 nitrogen and oxygen atoms in total. The van der Waals surface area contributed by atoms with Gasteiger partial charge in [-0.3, -0.25) is 4.79 Å². The molecule has 0 aliphatic rings. The molecule has 3 N–H and O–H groups in total. The predicted octanol–water partition coefficient (Wildman–Crippen LogP) is 1.74. The molecule has 0 radical (unpaired) electrons. The van der Waals surface area contributed by atoms with Gasteiger partial charge in [-0.05, 0) is 38.1 Å². The van der Waals surface area contributed by atoms with E-state index in [4.69, 9.17) is 5.73 Å². The van der Waals surface area contributed by atoms with Crippen molar-refractivity contribution in [1.82, 2.24) is 15.1 Å². The minimum absolute atomic E-state index is 0. The topological polar surface area (TPSA) is 72.9 Å². The van der Waals surface area contributed by atoms with Crippen LogP contribution in [0, 0.1) is 19.7 Å². The van der Waals surface area contributed by atoms with Crippen LogP contribution in [0.15, 0.2) is 24.3 Å². The average Bonchev–Trinajstić information content (AvgIpc) is 2.72. The number of hydrogen-bond acceptors (Lipinski definition) is 3. The van der Waals surface area contributed by atoms with Crippen LogP contribution in [-0.4, -0.2) is 28.8 Å². The molecule has 0 unspecified atom stereocenters. The molecule has 2 rings (SSSR count). The van der Waals surface area contributed by atoms with Gasteiger partial charge in [-0.15, -0.1) is 12.4 Å². The fourth-order valence-electron chi connectivity index (χ4n) is 2.08. The van der Waals surface area contributed by atoms with Gasteiger partial charge in [0.05, 0.1) is 22.6 Å². The minimum Gasteiger partial charge on any atom is -0.351 e. The van der Waals surface area contributed by atoms with Gasteiger partial charge in [-0.2, -0.15) is 5.10 Å². The zero-order chi connectivity index (χ0) is 14.7. The van der Waals surface area contributed by atoms with E-state index in [1.165, 1.54) is 12.1 Å². The zero-order valence-electron chi connectivity index (χ0n) is 11.9. The number of nitrogens with one attached hydrogen (secondary N) is 1. The molecule has 0 spiro atoms. The molecule has 7 heteroatoms. The average molecular weight is 313 g/mol. The fourth-order valence-corrected chi connectivity index (χ4v) is 2.08. The van der Waals surface area contributed by atoms with Crippen LogP contribution in [0.25, 0.3) is 5.69 Å². The van der Waals surface area contributed by atoms with Gasteiger partial charge in [-0.25, -0.2) is 9.07 Å². The first-order chi connectivity index (χ1) is 9.54. The molecular weight excluding hydrogens is 295 g/mol. The fraction of sp³-hybridized carbons (Fsp3) is 0.286. The first kappa shape index (κ1) is 17.1. The second kappa shape index (κ2) is 7.19. The molecule has 114 valence electrons. The molecule has 0 aliphatic heterocycles. The highest BCUT2D eigenvalue weighted by molar-refractivity contribution is 5.96. The van der Waals surface area contributed by atoms with Crippen molar-refractivity contribution in [2.45, 2.75) is 13.8 Å². The number of halogens is 2. The highest BCUT2D eigenvalue weighted by Gasteiger charge is 2.18. The third kappa shape index (κ3) is 3.59. The maximum atomic E-state index is 12.9. The lowest BCUT2D eigenvalue weighted by Gasteiger charge is -2.06. The number of nitrogens with two attached hydrogens (primary N) is 1. The van der Waals surface area contributed by atoms with E-state index in [0.717, 1.165) is 0 Å². The van der Waals surface area contributed by atoms with Gasteiger partial charge in [0, 0.05) is 13.1 Å². The van der Waals surface area contributed by atoms with Crippen molar-refractivity contribution >= 4 is 18.3 Å². The molecule has 0 saturated carbocycles. The van der Waals surface area contributed by atoms with Crippen LogP contribution in [-0.2, 0) is 0 Å². The van der Waals surface area contributed by atoms with Crippen molar-refractivity contribution in [2.75, 3.05) is 13.1 Å². The summed E-state index contributed by atoms with van der Waals surface area (Å²) in [6, 6.07) is 5.96. The maximum Gasteiger partial charge on any atom is 0.255 e. The number of hydrogen-bond donors (Lipinski definition) is 2. The zero-order valence-corrected chi connectivity index (χ0v) is 12.7. The van der Waals surface area contributed by atoms with Gasteiger partial charge in [-0.1, -0.05) is 0 Å². The summed E-state index contributed by atoms with van der Waals surface area (Å²) in [4.78, 5) is 12.1. The first-order valence-corrected chi connectivity index (χ1v) is 6.35. The van der Waals surface area contributed by atoms with Crippen molar-refractivity contribution in [3.8, 4) is 5.69 Å². The van der Waals surface area contributed by atoms with Crippen LogP contribution < -0.4 is 11.1 Å².